The van der Waals surface area contributed by atoms with Gasteiger partial charge in [-0.3, -0.25) is 8.98 Å². The third-order valence-corrected chi connectivity index (χ3v) is 4.51. The summed E-state index contributed by atoms with van der Waals surface area (Å²) in [5.74, 6) is -0.332. The van der Waals surface area contributed by atoms with E-state index in [9.17, 15) is 17.8 Å². The Morgan fingerprint density at radius 2 is 1.77 bits per heavy atom. The van der Waals surface area contributed by atoms with Gasteiger partial charge in [-0.05, 0) is 19.3 Å². The first-order valence-corrected chi connectivity index (χ1v) is 9.19. The van der Waals surface area contributed by atoms with Crippen molar-refractivity contribution in [3.05, 3.63) is 0 Å². The maximum Gasteiger partial charge on any atom is 0.308 e. The standard InChI is InChI=1S/C14H27NO6S/c1-13(2)14(16)20-12-10-15(7-4-3-5-8-15)9-6-11-21-22(17,18)19/h13H,3-12H2,1-2H3. The van der Waals surface area contributed by atoms with Crippen molar-refractivity contribution >= 4 is 16.4 Å². The van der Waals surface area contributed by atoms with Crippen molar-refractivity contribution < 1.29 is 31.2 Å². The van der Waals surface area contributed by atoms with Crippen LogP contribution in [0.1, 0.15) is 39.5 Å². The largest absolute Gasteiger partial charge is 0.726 e. The topological polar surface area (TPSA) is 92.7 Å². The van der Waals surface area contributed by atoms with Gasteiger partial charge >= 0.3 is 5.97 Å². The third kappa shape index (κ3) is 7.53. The number of likely N-dealkylation sites (tertiary alicyclic amines) is 1. The summed E-state index contributed by atoms with van der Waals surface area (Å²) in [5, 5.41) is 0. The van der Waals surface area contributed by atoms with Crippen molar-refractivity contribution in [1.82, 2.24) is 0 Å². The van der Waals surface area contributed by atoms with Crippen LogP contribution in [0.4, 0.5) is 0 Å². The van der Waals surface area contributed by atoms with Crippen molar-refractivity contribution in [1.29, 1.82) is 0 Å². The molecule has 8 heteroatoms. The fraction of sp³-hybridized carbons (Fsp3) is 0.929. The lowest BCUT2D eigenvalue weighted by Gasteiger charge is -2.41. The van der Waals surface area contributed by atoms with Crippen LogP contribution in [-0.4, -0.2) is 62.8 Å². The highest BCUT2D eigenvalue weighted by Gasteiger charge is 2.29. The molecule has 130 valence electrons. The molecule has 0 aromatic carbocycles. The van der Waals surface area contributed by atoms with E-state index in [0.29, 0.717) is 13.0 Å². The molecule has 0 N–H and O–H groups in total. The number of ether oxygens (including phenoxy) is 1. The van der Waals surface area contributed by atoms with E-state index in [1.807, 2.05) is 0 Å². The lowest BCUT2D eigenvalue weighted by atomic mass is 10.1. The number of carbonyl (C=O) groups is 1. The van der Waals surface area contributed by atoms with Crippen molar-refractivity contribution in [3.8, 4) is 0 Å². The number of quaternary nitrogens is 1. The molecule has 1 aliphatic rings. The maximum absolute atomic E-state index is 11.5. The van der Waals surface area contributed by atoms with Crippen LogP contribution in [0.5, 0.6) is 0 Å². The number of carbonyl (C=O) groups excluding carboxylic acids is 1. The van der Waals surface area contributed by atoms with Crippen molar-refractivity contribution in [2.75, 3.05) is 39.4 Å². The van der Waals surface area contributed by atoms with Gasteiger partial charge in [-0.15, -0.1) is 0 Å². The number of hydrogen-bond acceptors (Lipinski definition) is 6. The van der Waals surface area contributed by atoms with Crippen LogP contribution in [0.25, 0.3) is 0 Å². The lowest BCUT2D eigenvalue weighted by molar-refractivity contribution is -0.932. The third-order valence-electron chi connectivity index (χ3n) is 4.05. The molecule has 0 aromatic rings. The SMILES string of the molecule is CC(C)C(=O)OCC[N+]1(CCCOS(=O)(=O)[O-])CCCCC1. The summed E-state index contributed by atoms with van der Waals surface area (Å²) in [6.07, 6.45) is 3.91. The lowest BCUT2D eigenvalue weighted by Crippen LogP contribution is -2.54. The second kappa shape index (κ2) is 8.81. The first-order valence-electron chi connectivity index (χ1n) is 7.86. The average Bonchev–Trinajstić information content (AvgIpc) is 2.43. The molecule has 1 heterocycles. The average molecular weight is 337 g/mol. The molecule has 0 bridgehead atoms. The highest BCUT2D eigenvalue weighted by Crippen LogP contribution is 2.19. The van der Waals surface area contributed by atoms with E-state index < -0.39 is 10.4 Å². The number of rotatable bonds is 9. The minimum absolute atomic E-state index is 0.0857. The van der Waals surface area contributed by atoms with Gasteiger partial charge in [-0.2, -0.15) is 0 Å². The van der Waals surface area contributed by atoms with Gasteiger partial charge in [0.1, 0.15) is 13.2 Å². The molecule has 0 aromatic heterocycles. The second-order valence-corrected chi connectivity index (χ2v) is 7.25. The number of nitrogens with zero attached hydrogens (tertiary/aromatic N) is 1. The molecule has 0 unspecified atom stereocenters. The first-order chi connectivity index (χ1) is 10.2. The van der Waals surface area contributed by atoms with Crippen LogP contribution in [0, 0.1) is 5.92 Å². The van der Waals surface area contributed by atoms with Crippen LogP contribution in [0.2, 0.25) is 0 Å². The second-order valence-electron chi connectivity index (χ2n) is 6.20. The molecule has 22 heavy (non-hydrogen) atoms. The van der Waals surface area contributed by atoms with Gasteiger partial charge in [0.25, 0.3) is 0 Å². The zero-order chi connectivity index (χ0) is 16.6. The van der Waals surface area contributed by atoms with E-state index in [1.165, 1.54) is 6.42 Å². The molecule has 1 saturated heterocycles. The summed E-state index contributed by atoms with van der Waals surface area (Å²) >= 11 is 0. The van der Waals surface area contributed by atoms with Gasteiger partial charge in [0.05, 0.1) is 32.2 Å². The van der Waals surface area contributed by atoms with E-state index in [4.69, 9.17) is 4.74 Å². The summed E-state index contributed by atoms with van der Waals surface area (Å²) < 4.78 is 41.6. The van der Waals surface area contributed by atoms with E-state index in [-0.39, 0.29) is 18.5 Å². The predicted octanol–water partition coefficient (Wildman–Crippen LogP) is 1.05. The van der Waals surface area contributed by atoms with Gasteiger partial charge in [0.2, 0.25) is 10.4 Å². The van der Waals surface area contributed by atoms with Crippen LogP contribution >= 0.6 is 0 Å². The molecule has 0 aliphatic carbocycles. The Labute approximate surface area is 133 Å². The van der Waals surface area contributed by atoms with Gasteiger partial charge < -0.3 is 13.8 Å². The molecule has 1 aliphatic heterocycles. The molecule has 0 saturated carbocycles. The van der Waals surface area contributed by atoms with Gasteiger partial charge in [-0.25, -0.2) is 8.42 Å². The predicted molar refractivity (Wildman–Crippen MR) is 79.6 cm³/mol. The molecule has 0 radical (unpaired) electrons. The molecule has 0 spiro atoms. The number of esters is 1. The minimum atomic E-state index is -4.61. The Morgan fingerprint density at radius 3 is 2.32 bits per heavy atom. The maximum atomic E-state index is 11.5. The molecule has 7 nitrogen and oxygen atoms in total. The smallest absolute Gasteiger partial charge is 0.308 e. The zero-order valence-electron chi connectivity index (χ0n) is 13.5. The zero-order valence-corrected chi connectivity index (χ0v) is 14.3. The van der Waals surface area contributed by atoms with E-state index in [1.54, 1.807) is 13.8 Å². The fourth-order valence-electron chi connectivity index (χ4n) is 2.81. The Kier molecular flexibility index (Phi) is 7.75. The highest BCUT2D eigenvalue weighted by molar-refractivity contribution is 7.80. The Morgan fingerprint density at radius 1 is 1.14 bits per heavy atom. The summed E-state index contributed by atoms with van der Waals surface area (Å²) in [7, 11) is -4.61. The molecular weight excluding hydrogens is 310 g/mol. The monoisotopic (exact) mass is 337 g/mol. The first kappa shape index (κ1) is 19.3. The Bertz CT molecular complexity index is 442. The van der Waals surface area contributed by atoms with Gasteiger partial charge in [0.15, 0.2) is 0 Å². The van der Waals surface area contributed by atoms with Crippen LogP contribution in [0.3, 0.4) is 0 Å². The molecule has 1 fully saturated rings. The number of piperidine rings is 1. The summed E-state index contributed by atoms with van der Waals surface area (Å²) in [6, 6.07) is 0. The van der Waals surface area contributed by atoms with E-state index in [2.05, 4.69) is 4.18 Å². The summed E-state index contributed by atoms with van der Waals surface area (Å²) in [6.45, 7) is 7.32. The van der Waals surface area contributed by atoms with Crippen LogP contribution < -0.4 is 0 Å². The van der Waals surface area contributed by atoms with Crippen molar-refractivity contribution in [3.63, 3.8) is 0 Å². The normalized spacial score (nSPS) is 18.4. The highest BCUT2D eigenvalue weighted by atomic mass is 32.3. The van der Waals surface area contributed by atoms with E-state index >= 15 is 0 Å². The van der Waals surface area contributed by atoms with Crippen LogP contribution in [0.15, 0.2) is 0 Å². The molecule has 0 atom stereocenters. The minimum Gasteiger partial charge on any atom is -0.726 e. The fourth-order valence-corrected chi connectivity index (χ4v) is 3.13. The van der Waals surface area contributed by atoms with Gasteiger partial charge in [-0.1, -0.05) is 13.8 Å². The molecular formula is C14H27NO6S. The van der Waals surface area contributed by atoms with E-state index in [0.717, 1.165) is 43.5 Å². The van der Waals surface area contributed by atoms with Gasteiger partial charge in [0, 0.05) is 6.42 Å². The van der Waals surface area contributed by atoms with Crippen LogP contribution in [-0.2, 0) is 24.1 Å². The molecule has 0 amide bonds. The summed E-state index contributed by atoms with van der Waals surface area (Å²) in [5.41, 5.74) is 0. The summed E-state index contributed by atoms with van der Waals surface area (Å²) in [4.78, 5) is 11.5. The Balaban J connectivity index is 2.42. The number of hydrogen-bond donors (Lipinski definition) is 0. The molecule has 1 rings (SSSR count). The Hall–Kier alpha value is -0.700. The van der Waals surface area contributed by atoms with Crippen molar-refractivity contribution in [2.24, 2.45) is 5.92 Å². The quantitative estimate of drug-likeness (QED) is 0.205. The van der Waals surface area contributed by atoms with Crippen molar-refractivity contribution in [2.45, 2.75) is 39.5 Å².